The van der Waals surface area contributed by atoms with Crippen molar-refractivity contribution < 1.29 is 17.9 Å². The minimum atomic E-state index is -3.97. The molecule has 0 aliphatic carbocycles. The van der Waals surface area contributed by atoms with Gasteiger partial charge >= 0.3 is 5.97 Å². The summed E-state index contributed by atoms with van der Waals surface area (Å²) in [5.74, 6) is -0.528. The summed E-state index contributed by atoms with van der Waals surface area (Å²) in [5.41, 5.74) is 1.29. The molecule has 0 heterocycles. The second-order valence-electron chi connectivity index (χ2n) is 5.98. The Morgan fingerprint density at radius 1 is 1.12 bits per heavy atom. The molecule has 5 nitrogen and oxygen atoms in total. The number of nitrogens with zero attached hydrogens (tertiary/aromatic N) is 1. The zero-order valence-electron chi connectivity index (χ0n) is 15.0. The second-order valence-corrected chi connectivity index (χ2v) is 8.28. The topological polar surface area (TPSA) is 63.7 Å². The number of hydrogen-bond donors (Lipinski definition) is 0. The number of carbonyl (C=O) groups is 1. The van der Waals surface area contributed by atoms with Gasteiger partial charge in [-0.05, 0) is 48.7 Å². The van der Waals surface area contributed by atoms with Crippen LogP contribution in [-0.2, 0) is 19.6 Å². The highest BCUT2D eigenvalue weighted by atomic mass is 35.5. The van der Waals surface area contributed by atoms with Crippen LogP contribution in [0.25, 0.3) is 0 Å². The first-order valence-corrected chi connectivity index (χ1v) is 10.1. The summed E-state index contributed by atoms with van der Waals surface area (Å²) < 4.78 is 32.5. The maximum absolute atomic E-state index is 13.2. The van der Waals surface area contributed by atoms with Crippen LogP contribution in [0.4, 0.5) is 5.69 Å². The highest BCUT2D eigenvalue weighted by Crippen LogP contribution is 2.31. The highest BCUT2D eigenvalue weighted by molar-refractivity contribution is 7.92. The van der Waals surface area contributed by atoms with Gasteiger partial charge in [0.05, 0.1) is 17.2 Å². The molecule has 0 aliphatic heterocycles. The first-order chi connectivity index (χ1) is 12.3. The van der Waals surface area contributed by atoms with E-state index in [1.807, 2.05) is 26.0 Å². The lowest BCUT2D eigenvalue weighted by Crippen LogP contribution is -2.37. The zero-order valence-corrected chi connectivity index (χ0v) is 16.5. The number of sulfonamides is 1. The molecule has 0 saturated carbocycles. The number of ether oxygens (including phenoxy) is 1. The molecule has 26 heavy (non-hydrogen) atoms. The van der Waals surface area contributed by atoms with Crippen LogP contribution in [0.3, 0.4) is 0 Å². The molecule has 0 radical (unpaired) electrons. The molecule has 0 aliphatic rings. The largest absolute Gasteiger partial charge is 0.465 e. The van der Waals surface area contributed by atoms with Gasteiger partial charge in [-0.3, -0.25) is 9.10 Å². The molecule has 7 heteroatoms. The van der Waals surface area contributed by atoms with E-state index in [0.29, 0.717) is 10.7 Å². The molecule has 0 saturated heterocycles. The number of anilines is 1. The first-order valence-electron chi connectivity index (χ1n) is 8.30. The van der Waals surface area contributed by atoms with Gasteiger partial charge in [-0.25, -0.2) is 8.42 Å². The Bertz CT molecular complexity index is 863. The Balaban J connectivity index is 2.58. The van der Waals surface area contributed by atoms with Crippen LogP contribution in [0, 0.1) is 0 Å². The monoisotopic (exact) mass is 395 g/mol. The van der Waals surface area contributed by atoms with E-state index in [-0.39, 0.29) is 17.4 Å². The Hall–Kier alpha value is -2.05. The fourth-order valence-electron chi connectivity index (χ4n) is 2.56. The lowest BCUT2D eigenvalue weighted by Gasteiger charge is -2.27. The van der Waals surface area contributed by atoms with E-state index in [4.69, 9.17) is 16.3 Å². The van der Waals surface area contributed by atoms with E-state index in [1.165, 1.54) is 24.3 Å². The summed E-state index contributed by atoms with van der Waals surface area (Å²) in [7, 11) is -3.97. The van der Waals surface area contributed by atoms with Crippen LogP contribution in [-0.4, -0.2) is 27.5 Å². The number of rotatable bonds is 7. The third-order valence-corrected chi connectivity index (χ3v) is 5.83. The van der Waals surface area contributed by atoms with Crippen LogP contribution in [0.1, 0.15) is 32.3 Å². The molecule has 2 rings (SSSR count). The summed E-state index contributed by atoms with van der Waals surface area (Å²) in [5, 5.41) is 0.434. The van der Waals surface area contributed by atoms with Crippen molar-refractivity contribution in [3.63, 3.8) is 0 Å². The third-order valence-electron chi connectivity index (χ3n) is 3.81. The number of para-hydroxylation sites is 1. The van der Waals surface area contributed by atoms with Crippen molar-refractivity contribution in [1.82, 2.24) is 0 Å². The van der Waals surface area contributed by atoms with E-state index >= 15 is 0 Å². The Kier molecular flexibility index (Phi) is 6.67. The number of esters is 1. The van der Waals surface area contributed by atoms with Crippen molar-refractivity contribution in [2.24, 2.45) is 0 Å². The average Bonchev–Trinajstić information content (AvgIpc) is 2.60. The van der Waals surface area contributed by atoms with E-state index in [9.17, 15) is 13.2 Å². The van der Waals surface area contributed by atoms with Gasteiger partial charge in [0.1, 0.15) is 6.54 Å². The predicted molar refractivity (Wildman–Crippen MR) is 103 cm³/mol. The van der Waals surface area contributed by atoms with Crippen LogP contribution in [0.2, 0.25) is 5.02 Å². The normalized spacial score (nSPS) is 11.4. The van der Waals surface area contributed by atoms with Gasteiger partial charge < -0.3 is 4.74 Å². The summed E-state index contributed by atoms with van der Waals surface area (Å²) in [6, 6.07) is 13.0. The fourth-order valence-corrected chi connectivity index (χ4v) is 4.12. The lowest BCUT2D eigenvalue weighted by molar-refractivity contribution is -0.141. The summed E-state index contributed by atoms with van der Waals surface area (Å²) >= 11 is 5.87. The van der Waals surface area contributed by atoms with E-state index in [2.05, 4.69) is 0 Å². The molecule has 140 valence electrons. The Morgan fingerprint density at radius 3 is 2.31 bits per heavy atom. The number of halogens is 1. The van der Waals surface area contributed by atoms with Gasteiger partial charge in [-0.2, -0.15) is 0 Å². The number of carbonyl (C=O) groups excluding carboxylic acids is 1. The molecular weight excluding hydrogens is 374 g/mol. The molecule has 0 N–H and O–H groups in total. The maximum atomic E-state index is 13.2. The van der Waals surface area contributed by atoms with Gasteiger partial charge in [0.15, 0.2) is 0 Å². The molecule has 2 aromatic carbocycles. The van der Waals surface area contributed by atoms with Gasteiger partial charge in [0.2, 0.25) is 0 Å². The van der Waals surface area contributed by atoms with Crippen molar-refractivity contribution in [1.29, 1.82) is 0 Å². The Morgan fingerprint density at radius 2 is 1.73 bits per heavy atom. The summed E-state index contributed by atoms with van der Waals surface area (Å²) in [6.45, 7) is 5.40. The van der Waals surface area contributed by atoms with Crippen LogP contribution in [0.15, 0.2) is 53.4 Å². The lowest BCUT2D eigenvalue weighted by atomic mass is 10.0. The smallest absolute Gasteiger partial charge is 0.326 e. The molecule has 0 spiro atoms. The molecule has 0 bridgehead atoms. The van der Waals surface area contributed by atoms with Crippen molar-refractivity contribution in [3.8, 4) is 0 Å². The zero-order chi connectivity index (χ0) is 19.3. The van der Waals surface area contributed by atoms with Gasteiger partial charge in [0.25, 0.3) is 10.0 Å². The minimum absolute atomic E-state index is 0.0600. The van der Waals surface area contributed by atoms with Crippen molar-refractivity contribution in [2.45, 2.75) is 31.6 Å². The average molecular weight is 396 g/mol. The summed E-state index contributed by atoms with van der Waals surface area (Å²) in [6.07, 6.45) is 0. The number of hydrogen-bond acceptors (Lipinski definition) is 4. The van der Waals surface area contributed by atoms with E-state index < -0.39 is 22.5 Å². The van der Waals surface area contributed by atoms with Crippen molar-refractivity contribution >= 4 is 33.3 Å². The molecule has 0 aromatic heterocycles. The van der Waals surface area contributed by atoms with E-state index in [1.54, 1.807) is 19.1 Å². The SMILES string of the molecule is CCOC(=O)CN(c1ccccc1C(C)C)S(=O)(=O)c1ccc(Cl)cc1. The second kappa shape index (κ2) is 8.56. The quantitative estimate of drug-likeness (QED) is 0.658. The molecule has 0 unspecified atom stereocenters. The predicted octanol–water partition coefficient (Wildman–Crippen LogP) is 4.22. The first kappa shape index (κ1) is 20.3. The highest BCUT2D eigenvalue weighted by Gasteiger charge is 2.29. The van der Waals surface area contributed by atoms with Crippen molar-refractivity contribution in [3.05, 3.63) is 59.1 Å². The molecule has 2 aromatic rings. The van der Waals surface area contributed by atoms with Crippen LogP contribution >= 0.6 is 11.6 Å². The van der Waals surface area contributed by atoms with Crippen LogP contribution in [0.5, 0.6) is 0 Å². The molecule has 0 atom stereocenters. The standard InChI is InChI=1S/C19H22ClNO4S/c1-4-25-19(22)13-21(18-8-6-5-7-17(18)14(2)3)26(23,24)16-11-9-15(20)10-12-16/h5-12,14H,4,13H2,1-3H3. The van der Waals surface area contributed by atoms with Gasteiger partial charge in [-0.15, -0.1) is 0 Å². The minimum Gasteiger partial charge on any atom is -0.465 e. The Labute approximate surface area is 159 Å². The van der Waals surface area contributed by atoms with Gasteiger partial charge in [-0.1, -0.05) is 43.6 Å². The summed E-state index contributed by atoms with van der Waals surface area (Å²) in [4.78, 5) is 12.2. The van der Waals surface area contributed by atoms with Crippen molar-refractivity contribution in [2.75, 3.05) is 17.5 Å². The molecule has 0 amide bonds. The molecular formula is C19H22ClNO4S. The number of benzene rings is 2. The molecule has 0 fully saturated rings. The third kappa shape index (κ3) is 4.56. The van der Waals surface area contributed by atoms with Gasteiger partial charge in [0, 0.05) is 5.02 Å². The maximum Gasteiger partial charge on any atom is 0.326 e. The van der Waals surface area contributed by atoms with Crippen LogP contribution < -0.4 is 4.31 Å². The fraction of sp³-hybridized carbons (Fsp3) is 0.316. The van der Waals surface area contributed by atoms with E-state index in [0.717, 1.165) is 9.87 Å².